The molecule has 7 heteroatoms. The van der Waals surface area contributed by atoms with E-state index < -0.39 is 0 Å². The van der Waals surface area contributed by atoms with Crippen molar-refractivity contribution in [3.05, 3.63) is 40.8 Å². The molecule has 0 saturated heterocycles. The molecule has 1 aromatic carbocycles. The van der Waals surface area contributed by atoms with Crippen LogP contribution in [0.1, 0.15) is 11.1 Å². The number of ether oxygens (including phenoxy) is 2. The summed E-state index contributed by atoms with van der Waals surface area (Å²) in [4.78, 5) is 8.16. The van der Waals surface area contributed by atoms with Crippen LogP contribution in [-0.2, 0) is 0 Å². The van der Waals surface area contributed by atoms with Gasteiger partial charge < -0.3 is 9.47 Å². The number of hydrogen-bond acceptors (Lipinski definition) is 5. The fourth-order valence-corrected chi connectivity index (χ4v) is 2.11. The molecule has 0 N–H and O–H groups in total. The van der Waals surface area contributed by atoms with Crippen molar-refractivity contribution in [3.8, 4) is 17.4 Å². The largest absolute Gasteiger partial charge is 0.493 e. The van der Waals surface area contributed by atoms with E-state index in [1.807, 2.05) is 32.0 Å². The molecule has 0 aliphatic carbocycles. The lowest BCUT2D eigenvalue weighted by molar-refractivity contribution is 0.368. The van der Waals surface area contributed by atoms with Gasteiger partial charge >= 0.3 is 0 Å². The maximum Gasteiger partial charge on any atom is 0.256 e. The molecule has 0 fully saturated rings. The van der Waals surface area contributed by atoms with E-state index in [0.717, 1.165) is 5.56 Å². The summed E-state index contributed by atoms with van der Waals surface area (Å²) >= 11 is 6.11. The first-order valence-electron chi connectivity index (χ1n) is 6.28. The van der Waals surface area contributed by atoms with Crippen molar-refractivity contribution in [2.45, 2.75) is 13.8 Å². The van der Waals surface area contributed by atoms with Crippen LogP contribution >= 0.6 is 11.6 Å². The minimum absolute atomic E-state index is 0.330. The molecule has 0 saturated carbocycles. The molecule has 3 rings (SSSR count). The fourth-order valence-electron chi connectivity index (χ4n) is 1.96. The first-order valence-corrected chi connectivity index (χ1v) is 6.66. The highest BCUT2D eigenvalue weighted by Crippen LogP contribution is 2.34. The van der Waals surface area contributed by atoms with Crippen molar-refractivity contribution < 1.29 is 9.47 Å². The van der Waals surface area contributed by atoms with Gasteiger partial charge in [-0.25, -0.2) is 0 Å². The van der Waals surface area contributed by atoms with Crippen LogP contribution in [0, 0.1) is 13.8 Å². The average Bonchev–Trinajstić information content (AvgIpc) is 2.92. The van der Waals surface area contributed by atoms with E-state index in [9.17, 15) is 0 Å². The van der Waals surface area contributed by atoms with Gasteiger partial charge in [0.05, 0.1) is 7.11 Å². The lowest BCUT2D eigenvalue weighted by atomic mass is 10.2. The summed E-state index contributed by atoms with van der Waals surface area (Å²) in [5, 5.41) is 4.44. The quantitative estimate of drug-likeness (QED) is 0.695. The Balaban J connectivity index is 2.14. The zero-order valence-corrected chi connectivity index (χ0v) is 12.5. The lowest BCUT2D eigenvalue weighted by Gasteiger charge is -2.13. The van der Waals surface area contributed by atoms with Gasteiger partial charge in [0.2, 0.25) is 5.88 Å². The average molecular weight is 305 g/mol. The summed E-state index contributed by atoms with van der Waals surface area (Å²) in [7, 11) is 1.60. The van der Waals surface area contributed by atoms with Crippen molar-refractivity contribution in [2.75, 3.05) is 7.11 Å². The minimum Gasteiger partial charge on any atom is -0.493 e. The molecule has 0 amide bonds. The second kappa shape index (κ2) is 5.21. The van der Waals surface area contributed by atoms with Crippen molar-refractivity contribution in [3.63, 3.8) is 0 Å². The molecule has 0 bridgehead atoms. The molecule has 3 aromatic rings. The highest BCUT2D eigenvalue weighted by atomic mass is 35.5. The van der Waals surface area contributed by atoms with Gasteiger partial charge in [-0.05, 0) is 31.5 Å². The summed E-state index contributed by atoms with van der Waals surface area (Å²) in [6, 6.07) is 5.67. The van der Waals surface area contributed by atoms with Crippen molar-refractivity contribution in [1.82, 2.24) is 19.6 Å². The van der Waals surface area contributed by atoms with E-state index in [4.69, 9.17) is 21.1 Å². The predicted molar refractivity (Wildman–Crippen MR) is 78.3 cm³/mol. The molecule has 0 atom stereocenters. The van der Waals surface area contributed by atoms with E-state index in [0.29, 0.717) is 33.9 Å². The minimum atomic E-state index is 0.330. The number of hydrogen-bond donors (Lipinski definition) is 0. The van der Waals surface area contributed by atoms with Crippen LogP contribution in [0.15, 0.2) is 24.5 Å². The van der Waals surface area contributed by atoms with E-state index in [-0.39, 0.29) is 0 Å². The van der Waals surface area contributed by atoms with Gasteiger partial charge in [0, 0.05) is 5.56 Å². The van der Waals surface area contributed by atoms with E-state index in [1.54, 1.807) is 7.11 Å². The van der Waals surface area contributed by atoms with Gasteiger partial charge in [-0.3, -0.25) is 0 Å². The number of rotatable bonds is 3. The van der Waals surface area contributed by atoms with Crippen LogP contribution in [0.4, 0.5) is 0 Å². The molecular weight excluding hydrogens is 292 g/mol. The Hall–Kier alpha value is -2.34. The fraction of sp³-hybridized carbons (Fsp3) is 0.214. The van der Waals surface area contributed by atoms with Gasteiger partial charge in [-0.15, -0.1) is 0 Å². The third kappa shape index (κ3) is 2.38. The second-order valence-corrected chi connectivity index (χ2v) is 4.92. The Labute approximate surface area is 126 Å². The van der Waals surface area contributed by atoms with Gasteiger partial charge in [-0.1, -0.05) is 17.7 Å². The summed E-state index contributed by atoms with van der Waals surface area (Å²) in [6.45, 7) is 3.79. The maximum atomic E-state index is 6.11. The van der Waals surface area contributed by atoms with E-state index >= 15 is 0 Å². The molecular formula is C14H13ClN4O2. The highest BCUT2D eigenvalue weighted by Gasteiger charge is 2.16. The van der Waals surface area contributed by atoms with Gasteiger partial charge in [0.1, 0.15) is 11.5 Å². The second-order valence-electron chi connectivity index (χ2n) is 4.56. The maximum absolute atomic E-state index is 6.11. The SMILES string of the molecule is COc1cc(C)ccc1Oc1c(C)c(Cl)nc2ncnn12. The molecule has 0 aliphatic rings. The van der Waals surface area contributed by atoms with Crippen LogP contribution in [0.5, 0.6) is 17.4 Å². The first kappa shape index (κ1) is 13.6. The summed E-state index contributed by atoms with van der Waals surface area (Å²) in [6.07, 6.45) is 1.40. The van der Waals surface area contributed by atoms with Crippen LogP contribution in [0.2, 0.25) is 5.15 Å². The third-order valence-corrected chi connectivity index (χ3v) is 3.44. The molecule has 0 unspecified atom stereocenters. The number of nitrogens with zero attached hydrogens (tertiary/aromatic N) is 4. The Bertz CT molecular complexity index is 816. The zero-order chi connectivity index (χ0) is 15.0. The molecule has 0 aliphatic heterocycles. The molecule has 2 aromatic heterocycles. The third-order valence-electron chi connectivity index (χ3n) is 3.08. The standard InChI is InChI=1S/C14H13ClN4O2/c1-8-4-5-10(11(6-8)20-3)21-13-9(2)12(15)18-14-16-7-17-19(13)14/h4-7H,1-3H3. The first-order chi connectivity index (χ1) is 10.1. The van der Waals surface area contributed by atoms with Crippen LogP contribution in [0.25, 0.3) is 5.78 Å². The number of fused-ring (bicyclic) bond motifs is 1. The predicted octanol–water partition coefficient (Wildman–Crippen LogP) is 3.20. The summed E-state index contributed by atoms with van der Waals surface area (Å²) in [5.74, 6) is 2.05. The number of benzene rings is 1. The summed E-state index contributed by atoms with van der Waals surface area (Å²) < 4.78 is 12.8. The smallest absolute Gasteiger partial charge is 0.256 e. The normalized spacial score (nSPS) is 10.9. The lowest BCUT2D eigenvalue weighted by Crippen LogP contribution is -2.02. The van der Waals surface area contributed by atoms with Gasteiger partial charge in [-0.2, -0.15) is 19.6 Å². The molecule has 6 nitrogen and oxygen atoms in total. The Morgan fingerprint density at radius 2 is 2.00 bits per heavy atom. The molecule has 0 spiro atoms. The van der Waals surface area contributed by atoms with Crippen LogP contribution in [0.3, 0.4) is 0 Å². The number of methoxy groups -OCH3 is 1. The molecule has 21 heavy (non-hydrogen) atoms. The van der Waals surface area contributed by atoms with Crippen molar-refractivity contribution >= 4 is 17.4 Å². The van der Waals surface area contributed by atoms with E-state index in [2.05, 4.69) is 15.1 Å². The van der Waals surface area contributed by atoms with Crippen LogP contribution in [-0.4, -0.2) is 26.7 Å². The Kier molecular flexibility index (Phi) is 3.39. The number of aromatic nitrogens is 4. The highest BCUT2D eigenvalue weighted by molar-refractivity contribution is 6.30. The van der Waals surface area contributed by atoms with Gasteiger partial charge in [0.25, 0.3) is 5.78 Å². The Morgan fingerprint density at radius 3 is 2.76 bits per heavy atom. The van der Waals surface area contributed by atoms with Gasteiger partial charge in [0.15, 0.2) is 11.5 Å². The van der Waals surface area contributed by atoms with Crippen molar-refractivity contribution in [1.29, 1.82) is 0 Å². The molecule has 108 valence electrons. The topological polar surface area (TPSA) is 61.5 Å². The zero-order valence-electron chi connectivity index (χ0n) is 11.8. The number of aryl methyl sites for hydroxylation is 1. The van der Waals surface area contributed by atoms with Crippen molar-refractivity contribution in [2.24, 2.45) is 0 Å². The van der Waals surface area contributed by atoms with Crippen LogP contribution < -0.4 is 9.47 Å². The monoisotopic (exact) mass is 304 g/mol. The Morgan fingerprint density at radius 1 is 1.19 bits per heavy atom. The van der Waals surface area contributed by atoms with E-state index in [1.165, 1.54) is 10.8 Å². The number of halogens is 1. The molecule has 2 heterocycles. The summed E-state index contributed by atoms with van der Waals surface area (Å²) in [5.41, 5.74) is 1.76. The molecule has 0 radical (unpaired) electrons.